The second kappa shape index (κ2) is 6.26. The van der Waals surface area contributed by atoms with E-state index in [1.54, 1.807) is 4.90 Å². The molecule has 0 fully saturated rings. The second-order valence-electron chi connectivity index (χ2n) is 4.24. The standard InChI is InChI=1S/C11H22N2O3S/c1-4-6-7-13-9-8-12(3)11(13)16-17(14,15)10-5-2/h8-9,11H,4-7,10H2,1-3H3. The average molecular weight is 262 g/mol. The molecule has 1 rings (SSSR count). The summed E-state index contributed by atoms with van der Waals surface area (Å²) in [5.74, 6) is 0.0684. The van der Waals surface area contributed by atoms with Crippen LogP contribution in [-0.2, 0) is 14.3 Å². The van der Waals surface area contributed by atoms with Crippen molar-refractivity contribution < 1.29 is 12.6 Å². The van der Waals surface area contributed by atoms with Gasteiger partial charge in [-0.1, -0.05) is 20.3 Å². The van der Waals surface area contributed by atoms with Crippen LogP contribution in [0.25, 0.3) is 0 Å². The molecule has 0 aliphatic carbocycles. The van der Waals surface area contributed by atoms with E-state index in [2.05, 4.69) is 6.92 Å². The summed E-state index contributed by atoms with van der Waals surface area (Å²) in [4.78, 5) is 3.68. The Balaban J connectivity index is 2.61. The number of unbranched alkanes of at least 4 members (excludes halogenated alkanes) is 1. The van der Waals surface area contributed by atoms with E-state index >= 15 is 0 Å². The molecule has 0 radical (unpaired) electrons. The third-order valence-electron chi connectivity index (χ3n) is 2.58. The normalized spacial score (nSPS) is 20.3. The van der Waals surface area contributed by atoms with E-state index in [-0.39, 0.29) is 5.75 Å². The highest BCUT2D eigenvalue weighted by Crippen LogP contribution is 2.18. The van der Waals surface area contributed by atoms with E-state index in [1.165, 1.54) is 0 Å². The van der Waals surface area contributed by atoms with Crippen LogP contribution < -0.4 is 0 Å². The van der Waals surface area contributed by atoms with E-state index in [0.717, 1.165) is 19.4 Å². The highest BCUT2D eigenvalue weighted by molar-refractivity contribution is 7.86. The quantitative estimate of drug-likeness (QED) is 0.651. The molecule has 1 unspecified atom stereocenters. The maximum Gasteiger partial charge on any atom is 0.270 e. The highest BCUT2D eigenvalue weighted by Gasteiger charge is 2.28. The SMILES string of the molecule is CCCCN1C=CN(C)C1OS(=O)(=O)CCC. The minimum atomic E-state index is -3.43. The molecule has 0 spiro atoms. The van der Waals surface area contributed by atoms with Gasteiger partial charge in [-0.25, -0.2) is 4.18 Å². The summed E-state index contributed by atoms with van der Waals surface area (Å²) in [5.41, 5.74) is 0. The van der Waals surface area contributed by atoms with Crippen LogP contribution in [0, 0.1) is 0 Å². The molecule has 6 heteroatoms. The molecule has 1 atom stereocenters. The van der Waals surface area contributed by atoms with Crippen molar-refractivity contribution in [2.45, 2.75) is 39.5 Å². The number of nitrogens with zero attached hydrogens (tertiary/aromatic N) is 2. The Hall–Kier alpha value is -0.750. The lowest BCUT2D eigenvalue weighted by atomic mass is 10.3. The highest BCUT2D eigenvalue weighted by atomic mass is 32.2. The lowest BCUT2D eigenvalue weighted by Crippen LogP contribution is -2.41. The zero-order valence-electron chi connectivity index (χ0n) is 10.8. The van der Waals surface area contributed by atoms with Crippen molar-refractivity contribution in [3.8, 4) is 0 Å². The van der Waals surface area contributed by atoms with Crippen molar-refractivity contribution in [1.82, 2.24) is 9.80 Å². The lowest BCUT2D eigenvalue weighted by Gasteiger charge is -2.29. The molecule has 1 aliphatic heterocycles. The predicted molar refractivity (Wildman–Crippen MR) is 67.5 cm³/mol. The molecule has 5 nitrogen and oxygen atoms in total. The van der Waals surface area contributed by atoms with Crippen LogP contribution >= 0.6 is 0 Å². The van der Waals surface area contributed by atoms with Gasteiger partial charge < -0.3 is 9.80 Å². The summed E-state index contributed by atoms with van der Waals surface area (Å²) >= 11 is 0. The Bertz CT molecular complexity index is 354. The summed E-state index contributed by atoms with van der Waals surface area (Å²) in [6, 6.07) is 0. The van der Waals surface area contributed by atoms with Gasteiger partial charge in [-0.15, -0.1) is 0 Å². The smallest absolute Gasteiger partial charge is 0.270 e. The zero-order valence-corrected chi connectivity index (χ0v) is 11.6. The van der Waals surface area contributed by atoms with Crippen LogP contribution in [0.15, 0.2) is 12.4 Å². The summed E-state index contributed by atoms with van der Waals surface area (Å²) in [6.07, 6.45) is 5.86. The number of rotatable bonds is 7. The van der Waals surface area contributed by atoms with E-state index in [1.807, 2.05) is 31.3 Å². The van der Waals surface area contributed by atoms with Crippen LogP contribution in [0.3, 0.4) is 0 Å². The first kappa shape index (κ1) is 14.3. The maximum absolute atomic E-state index is 11.6. The van der Waals surface area contributed by atoms with Gasteiger partial charge in [-0.3, -0.25) is 0 Å². The monoisotopic (exact) mass is 262 g/mol. The Morgan fingerprint density at radius 1 is 1.24 bits per heavy atom. The van der Waals surface area contributed by atoms with Crippen molar-refractivity contribution in [2.24, 2.45) is 0 Å². The van der Waals surface area contributed by atoms with E-state index < -0.39 is 16.5 Å². The Morgan fingerprint density at radius 3 is 2.53 bits per heavy atom. The minimum absolute atomic E-state index is 0.0684. The molecular formula is C11H22N2O3S. The van der Waals surface area contributed by atoms with Gasteiger partial charge in [0.15, 0.2) is 0 Å². The van der Waals surface area contributed by atoms with Crippen molar-refractivity contribution in [2.75, 3.05) is 19.3 Å². The average Bonchev–Trinajstić information content (AvgIpc) is 2.57. The molecule has 0 aromatic rings. The van der Waals surface area contributed by atoms with Crippen molar-refractivity contribution >= 4 is 10.1 Å². The molecule has 17 heavy (non-hydrogen) atoms. The summed E-state index contributed by atoms with van der Waals surface area (Å²) < 4.78 is 28.5. The number of hydrogen-bond acceptors (Lipinski definition) is 5. The molecule has 100 valence electrons. The molecule has 1 heterocycles. The molecule has 1 aliphatic rings. The molecule has 0 saturated carbocycles. The van der Waals surface area contributed by atoms with Crippen LogP contribution in [0.4, 0.5) is 0 Å². The van der Waals surface area contributed by atoms with Crippen molar-refractivity contribution in [3.63, 3.8) is 0 Å². The molecule has 0 saturated heterocycles. The van der Waals surface area contributed by atoms with Gasteiger partial charge in [0.2, 0.25) is 6.35 Å². The topological polar surface area (TPSA) is 49.9 Å². The van der Waals surface area contributed by atoms with Gasteiger partial charge in [-0.05, 0) is 12.8 Å². The van der Waals surface area contributed by atoms with E-state index in [9.17, 15) is 8.42 Å². The lowest BCUT2D eigenvalue weighted by molar-refractivity contribution is -0.00880. The van der Waals surface area contributed by atoms with Gasteiger partial charge in [0, 0.05) is 26.0 Å². The van der Waals surface area contributed by atoms with E-state index in [4.69, 9.17) is 4.18 Å². The molecule has 0 bridgehead atoms. The minimum Gasteiger partial charge on any atom is -0.336 e. The first-order valence-corrected chi connectivity index (χ1v) is 7.65. The fourth-order valence-electron chi connectivity index (χ4n) is 1.65. The Labute approximate surface area is 104 Å². The summed E-state index contributed by atoms with van der Waals surface area (Å²) in [5, 5.41) is 0. The molecule has 0 aromatic carbocycles. The summed E-state index contributed by atoms with van der Waals surface area (Å²) in [6.45, 7) is 4.74. The molecule has 0 amide bonds. The maximum atomic E-state index is 11.6. The molecule has 0 aromatic heterocycles. The Morgan fingerprint density at radius 2 is 1.94 bits per heavy atom. The molecular weight excluding hydrogens is 240 g/mol. The van der Waals surface area contributed by atoms with Crippen molar-refractivity contribution in [1.29, 1.82) is 0 Å². The fraction of sp³-hybridized carbons (Fsp3) is 0.818. The second-order valence-corrected chi connectivity index (χ2v) is 5.96. The van der Waals surface area contributed by atoms with Gasteiger partial charge in [0.25, 0.3) is 10.1 Å². The van der Waals surface area contributed by atoms with Gasteiger partial charge in [0.05, 0.1) is 5.75 Å². The van der Waals surface area contributed by atoms with Crippen LogP contribution in [0.2, 0.25) is 0 Å². The third kappa shape index (κ3) is 4.20. The van der Waals surface area contributed by atoms with Gasteiger partial charge >= 0.3 is 0 Å². The first-order valence-electron chi connectivity index (χ1n) is 6.07. The third-order valence-corrected chi connectivity index (χ3v) is 3.96. The summed E-state index contributed by atoms with van der Waals surface area (Å²) in [7, 11) is -1.62. The number of hydrogen-bond donors (Lipinski definition) is 0. The zero-order chi connectivity index (χ0) is 12.9. The van der Waals surface area contributed by atoms with Gasteiger partial charge in [0.1, 0.15) is 0 Å². The van der Waals surface area contributed by atoms with Crippen LogP contribution in [0.1, 0.15) is 33.1 Å². The van der Waals surface area contributed by atoms with Crippen molar-refractivity contribution in [3.05, 3.63) is 12.4 Å². The first-order chi connectivity index (χ1) is 8.00. The predicted octanol–water partition coefficient (Wildman–Crippen LogP) is 1.55. The Kier molecular flexibility index (Phi) is 5.27. The van der Waals surface area contributed by atoms with Crippen LogP contribution in [-0.4, -0.2) is 43.9 Å². The fourth-order valence-corrected chi connectivity index (χ4v) is 2.75. The largest absolute Gasteiger partial charge is 0.336 e. The van der Waals surface area contributed by atoms with Gasteiger partial charge in [-0.2, -0.15) is 8.42 Å². The molecule has 0 N–H and O–H groups in total. The van der Waals surface area contributed by atoms with Crippen LogP contribution in [0.5, 0.6) is 0 Å². The van der Waals surface area contributed by atoms with E-state index in [0.29, 0.717) is 6.42 Å².